The predicted molar refractivity (Wildman–Crippen MR) is 71.2 cm³/mol. The summed E-state index contributed by atoms with van der Waals surface area (Å²) in [6.45, 7) is 7.82. The van der Waals surface area contributed by atoms with Crippen molar-refractivity contribution in [1.29, 1.82) is 0 Å². The second-order valence-corrected chi connectivity index (χ2v) is 6.59. The summed E-state index contributed by atoms with van der Waals surface area (Å²) >= 11 is 0. The Hall–Kier alpha value is -0.870. The van der Waals surface area contributed by atoms with Crippen molar-refractivity contribution >= 4 is 10.0 Å². The molecule has 0 aliphatic rings. The number of rotatable bonds is 5. The molecule has 17 heavy (non-hydrogen) atoms. The van der Waals surface area contributed by atoms with Crippen LogP contribution < -0.4 is 4.72 Å². The van der Waals surface area contributed by atoms with Crippen molar-refractivity contribution in [2.24, 2.45) is 5.92 Å². The lowest BCUT2D eigenvalue weighted by Crippen LogP contribution is -2.36. The number of nitrogens with one attached hydrogen (secondary N) is 1. The molecular formula is C13H21NO2S. The first-order valence-corrected chi connectivity index (χ1v) is 7.51. The van der Waals surface area contributed by atoms with Gasteiger partial charge < -0.3 is 0 Å². The molecular weight excluding hydrogens is 234 g/mol. The molecule has 4 heteroatoms. The largest absolute Gasteiger partial charge is 0.216 e. The zero-order valence-electron chi connectivity index (χ0n) is 10.9. The zero-order valence-corrected chi connectivity index (χ0v) is 11.7. The molecule has 0 aliphatic heterocycles. The smallest absolute Gasteiger partial charge is 0.212 e. The topological polar surface area (TPSA) is 46.2 Å². The van der Waals surface area contributed by atoms with Crippen LogP contribution in [0.1, 0.15) is 31.9 Å². The Morgan fingerprint density at radius 3 is 2.29 bits per heavy atom. The Labute approximate surface area is 104 Å². The molecule has 0 fully saturated rings. The lowest BCUT2D eigenvalue weighted by Gasteiger charge is -2.17. The Kier molecular flexibility index (Phi) is 4.71. The van der Waals surface area contributed by atoms with Crippen LogP contribution in [0.3, 0.4) is 0 Å². The molecule has 0 aromatic heterocycles. The molecule has 0 spiro atoms. The molecule has 1 rings (SSSR count). The molecule has 0 aliphatic carbocycles. The van der Waals surface area contributed by atoms with Gasteiger partial charge in [-0.1, -0.05) is 38.1 Å². The van der Waals surface area contributed by atoms with E-state index in [1.165, 1.54) is 0 Å². The predicted octanol–water partition coefficient (Wildman–Crippen LogP) is 2.46. The summed E-state index contributed by atoms with van der Waals surface area (Å²) < 4.78 is 26.6. The molecule has 1 aromatic rings. The van der Waals surface area contributed by atoms with E-state index >= 15 is 0 Å². The third-order valence-corrected chi connectivity index (χ3v) is 4.39. The Morgan fingerprint density at radius 1 is 1.18 bits per heavy atom. The van der Waals surface area contributed by atoms with E-state index < -0.39 is 10.0 Å². The number of sulfonamides is 1. The lowest BCUT2D eigenvalue weighted by molar-refractivity contribution is 0.476. The second-order valence-electron chi connectivity index (χ2n) is 4.84. The molecule has 1 atom stereocenters. The van der Waals surface area contributed by atoms with Gasteiger partial charge in [-0.3, -0.25) is 0 Å². The number of hydrogen-bond acceptors (Lipinski definition) is 2. The summed E-state index contributed by atoms with van der Waals surface area (Å²) in [7, 11) is -3.25. The van der Waals surface area contributed by atoms with Gasteiger partial charge in [0.2, 0.25) is 10.0 Å². The maximum absolute atomic E-state index is 12.0. The molecule has 1 N–H and O–H groups in total. The van der Waals surface area contributed by atoms with Crippen LogP contribution in [-0.4, -0.2) is 14.5 Å². The number of hydrogen-bond donors (Lipinski definition) is 1. The van der Waals surface area contributed by atoms with E-state index in [9.17, 15) is 8.42 Å². The summed E-state index contributed by atoms with van der Waals surface area (Å²) in [6, 6.07) is 7.52. The minimum Gasteiger partial charge on any atom is -0.212 e. The first kappa shape index (κ1) is 14.2. The van der Waals surface area contributed by atoms with Crippen LogP contribution in [0, 0.1) is 12.8 Å². The number of aryl methyl sites for hydroxylation is 1. The Bertz CT molecular complexity index is 466. The zero-order chi connectivity index (χ0) is 13.1. The lowest BCUT2D eigenvalue weighted by atomic mass is 10.1. The number of benzene rings is 1. The SMILES string of the molecule is Cc1ccccc1CS(=O)(=O)NC(C)C(C)C. The first-order valence-electron chi connectivity index (χ1n) is 5.86. The van der Waals surface area contributed by atoms with Crippen LogP contribution in [0.2, 0.25) is 0 Å². The van der Waals surface area contributed by atoms with E-state index in [4.69, 9.17) is 0 Å². The molecule has 0 bridgehead atoms. The Morgan fingerprint density at radius 2 is 1.76 bits per heavy atom. The van der Waals surface area contributed by atoms with Crippen molar-refractivity contribution in [3.63, 3.8) is 0 Å². The molecule has 3 nitrogen and oxygen atoms in total. The normalized spacial score (nSPS) is 13.9. The summed E-state index contributed by atoms with van der Waals surface area (Å²) in [5, 5.41) is 0. The van der Waals surface area contributed by atoms with Gasteiger partial charge in [-0.15, -0.1) is 0 Å². The van der Waals surface area contributed by atoms with Crippen molar-refractivity contribution in [1.82, 2.24) is 4.72 Å². The average Bonchev–Trinajstić information content (AvgIpc) is 2.20. The standard InChI is InChI=1S/C13H21NO2S/c1-10(2)12(4)14-17(15,16)9-13-8-6-5-7-11(13)3/h5-8,10,12,14H,9H2,1-4H3. The molecule has 1 unspecified atom stereocenters. The van der Waals surface area contributed by atoms with Crippen LogP contribution in [0.25, 0.3) is 0 Å². The van der Waals surface area contributed by atoms with Gasteiger partial charge in [0.05, 0.1) is 5.75 Å². The average molecular weight is 255 g/mol. The quantitative estimate of drug-likeness (QED) is 0.878. The fourth-order valence-corrected chi connectivity index (χ4v) is 3.09. The van der Waals surface area contributed by atoms with Gasteiger partial charge in [0.25, 0.3) is 0 Å². The third-order valence-electron chi connectivity index (χ3n) is 2.97. The van der Waals surface area contributed by atoms with Gasteiger partial charge in [-0.05, 0) is 30.9 Å². The van der Waals surface area contributed by atoms with Gasteiger partial charge in [0, 0.05) is 6.04 Å². The molecule has 0 saturated heterocycles. The third kappa shape index (κ3) is 4.48. The van der Waals surface area contributed by atoms with Crippen molar-refractivity contribution in [3.8, 4) is 0 Å². The first-order chi connectivity index (χ1) is 7.82. The molecule has 0 amide bonds. The summed E-state index contributed by atoms with van der Waals surface area (Å²) in [5.74, 6) is 0.346. The van der Waals surface area contributed by atoms with Crippen LogP contribution in [0.15, 0.2) is 24.3 Å². The highest BCUT2D eigenvalue weighted by atomic mass is 32.2. The van der Waals surface area contributed by atoms with Crippen molar-refractivity contribution in [3.05, 3.63) is 35.4 Å². The van der Waals surface area contributed by atoms with Gasteiger partial charge in [0.1, 0.15) is 0 Å². The van der Waals surface area contributed by atoms with E-state index in [-0.39, 0.29) is 11.8 Å². The summed E-state index contributed by atoms with van der Waals surface area (Å²) in [4.78, 5) is 0. The second kappa shape index (κ2) is 5.65. The van der Waals surface area contributed by atoms with Crippen molar-refractivity contribution in [2.45, 2.75) is 39.5 Å². The van der Waals surface area contributed by atoms with Crippen LogP contribution >= 0.6 is 0 Å². The van der Waals surface area contributed by atoms with Gasteiger partial charge >= 0.3 is 0 Å². The molecule has 96 valence electrons. The minimum atomic E-state index is -3.25. The van der Waals surface area contributed by atoms with E-state index in [0.717, 1.165) is 11.1 Å². The fraction of sp³-hybridized carbons (Fsp3) is 0.538. The molecule has 0 heterocycles. The highest BCUT2D eigenvalue weighted by Gasteiger charge is 2.17. The highest BCUT2D eigenvalue weighted by molar-refractivity contribution is 7.88. The van der Waals surface area contributed by atoms with Crippen LogP contribution in [0.5, 0.6) is 0 Å². The van der Waals surface area contributed by atoms with E-state index in [0.29, 0.717) is 5.92 Å². The molecule has 0 radical (unpaired) electrons. The van der Waals surface area contributed by atoms with E-state index in [2.05, 4.69) is 4.72 Å². The molecule has 1 aromatic carbocycles. The maximum Gasteiger partial charge on any atom is 0.216 e. The van der Waals surface area contributed by atoms with Crippen molar-refractivity contribution in [2.75, 3.05) is 0 Å². The van der Waals surface area contributed by atoms with E-state index in [1.807, 2.05) is 52.0 Å². The van der Waals surface area contributed by atoms with Gasteiger partial charge in [0.15, 0.2) is 0 Å². The summed E-state index contributed by atoms with van der Waals surface area (Å²) in [6.07, 6.45) is 0. The minimum absolute atomic E-state index is 0.0379. The van der Waals surface area contributed by atoms with Gasteiger partial charge in [-0.25, -0.2) is 13.1 Å². The van der Waals surface area contributed by atoms with Crippen LogP contribution in [0.4, 0.5) is 0 Å². The monoisotopic (exact) mass is 255 g/mol. The Balaban J connectivity index is 2.77. The maximum atomic E-state index is 12.0. The van der Waals surface area contributed by atoms with Crippen LogP contribution in [-0.2, 0) is 15.8 Å². The van der Waals surface area contributed by atoms with Crippen molar-refractivity contribution < 1.29 is 8.42 Å². The fourth-order valence-electron chi connectivity index (χ4n) is 1.44. The highest BCUT2D eigenvalue weighted by Crippen LogP contribution is 2.12. The van der Waals surface area contributed by atoms with E-state index in [1.54, 1.807) is 0 Å². The van der Waals surface area contributed by atoms with Gasteiger partial charge in [-0.2, -0.15) is 0 Å². The summed E-state index contributed by atoms with van der Waals surface area (Å²) in [5.41, 5.74) is 1.87. The molecule has 0 saturated carbocycles.